The third-order valence-electron chi connectivity index (χ3n) is 3.04. The van der Waals surface area contributed by atoms with Crippen LogP contribution in [0.15, 0.2) is 39.4 Å². The Labute approximate surface area is 122 Å². The van der Waals surface area contributed by atoms with Crippen molar-refractivity contribution >= 4 is 15.9 Å². The van der Waals surface area contributed by atoms with E-state index >= 15 is 0 Å². The minimum Gasteiger partial charge on any atom is -0.494 e. The Balaban J connectivity index is 2.48. The number of halogens is 1. The van der Waals surface area contributed by atoms with Crippen LogP contribution in [0.2, 0.25) is 0 Å². The van der Waals surface area contributed by atoms with Gasteiger partial charge in [0.15, 0.2) is 0 Å². The summed E-state index contributed by atoms with van der Waals surface area (Å²) < 4.78 is 12.3. The van der Waals surface area contributed by atoms with Crippen molar-refractivity contribution in [3.05, 3.63) is 51.9 Å². The topological polar surface area (TPSA) is 34.4 Å². The largest absolute Gasteiger partial charge is 0.494 e. The summed E-state index contributed by atoms with van der Waals surface area (Å²) in [6, 6.07) is 7.97. The van der Waals surface area contributed by atoms with Crippen LogP contribution in [0, 0.1) is 6.92 Å². The summed E-state index contributed by atoms with van der Waals surface area (Å²) >= 11 is 3.51. The maximum atomic E-state index is 5.71. The minimum absolute atomic E-state index is 0.0194. The number of rotatable bonds is 5. The van der Waals surface area contributed by atoms with E-state index in [-0.39, 0.29) is 6.04 Å². The van der Waals surface area contributed by atoms with Crippen molar-refractivity contribution < 1.29 is 9.15 Å². The third-order valence-corrected chi connectivity index (χ3v) is 3.53. The average Bonchev–Trinajstić information content (AvgIpc) is 2.80. The van der Waals surface area contributed by atoms with Crippen molar-refractivity contribution in [3.8, 4) is 5.75 Å². The summed E-state index contributed by atoms with van der Waals surface area (Å²) in [6.45, 7) is 4.67. The Morgan fingerprint density at radius 2 is 2.16 bits per heavy atom. The Morgan fingerprint density at radius 1 is 1.37 bits per heavy atom. The summed E-state index contributed by atoms with van der Waals surface area (Å²) in [6.07, 6.45) is 1.72. The zero-order valence-corrected chi connectivity index (χ0v) is 13.0. The second kappa shape index (κ2) is 6.26. The first-order valence-electron chi connectivity index (χ1n) is 6.30. The molecule has 1 atom stereocenters. The second-order valence-electron chi connectivity index (χ2n) is 4.30. The summed E-state index contributed by atoms with van der Waals surface area (Å²) in [4.78, 5) is 0. The summed E-state index contributed by atoms with van der Waals surface area (Å²) in [5, 5.41) is 3.29. The molecule has 1 aromatic heterocycles. The van der Waals surface area contributed by atoms with Gasteiger partial charge in [-0.3, -0.25) is 0 Å². The third kappa shape index (κ3) is 3.01. The van der Waals surface area contributed by atoms with Gasteiger partial charge in [0.25, 0.3) is 0 Å². The molecule has 0 saturated heterocycles. The SMILES string of the molecule is CCOc1ccc(Br)cc1C(NC)c1occc1C. The van der Waals surface area contributed by atoms with Crippen LogP contribution in [-0.4, -0.2) is 13.7 Å². The lowest BCUT2D eigenvalue weighted by molar-refractivity contribution is 0.331. The molecule has 0 saturated carbocycles. The molecule has 1 aromatic carbocycles. The first-order valence-corrected chi connectivity index (χ1v) is 7.10. The van der Waals surface area contributed by atoms with Gasteiger partial charge in [-0.05, 0) is 50.7 Å². The van der Waals surface area contributed by atoms with Crippen molar-refractivity contribution in [3.63, 3.8) is 0 Å². The second-order valence-corrected chi connectivity index (χ2v) is 5.22. The molecule has 0 aliphatic heterocycles. The van der Waals surface area contributed by atoms with Crippen LogP contribution in [0.3, 0.4) is 0 Å². The van der Waals surface area contributed by atoms with E-state index in [1.165, 1.54) is 0 Å². The van der Waals surface area contributed by atoms with E-state index in [0.29, 0.717) is 6.61 Å². The molecule has 1 N–H and O–H groups in total. The van der Waals surface area contributed by atoms with Crippen molar-refractivity contribution in [1.82, 2.24) is 5.32 Å². The fourth-order valence-corrected chi connectivity index (χ4v) is 2.52. The molecule has 0 bridgehead atoms. The molecule has 4 heteroatoms. The number of benzene rings is 1. The van der Waals surface area contributed by atoms with E-state index in [4.69, 9.17) is 9.15 Å². The maximum absolute atomic E-state index is 5.71. The standard InChI is InChI=1S/C15H18BrNO2/c1-4-18-13-6-5-11(16)9-12(13)14(17-3)15-10(2)7-8-19-15/h5-9,14,17H,4H2,1-3H3. The van der Waals surface area contributed by atoms with Crippen LogP contribution < -0.4 is 10.1 Å². The minimum atomic E-state index is -0.0194. The molecule has 0 aliphatic carbocycles. The highest BCUT2D eigenvalue weighted by Crippen LogP contribution is 2.34. The lowest BCUT2D eigenvalue weighted by Crippen LogP contribution is -2.19. The highest BCUT2D eigenvalue weighted by molar-refractivity contribution is 9.10. The van der Waals surface area contributed by atoms with E-state index in [1.54, 1.807) is 6.26 Å². The smallest absolute Gasteiger partial charge is 0.128 e. The van der Waals surface area contributed by atoms with E-state index in [2.05, 4.69) is 27.3 Å². The van der Waals surface area contributed by atoms with Gasteiger partial charge in [-0.25, -0.2) is 0 Å². The Morgan fingerprint density at radius 3 is 2.74 bits per heavy atom. The van der Waals surface area contributed by atoms with E-state index < -0.39 is 0 Å². The summed E-state index contributed by atoms with van der Waals surface area (Å²) in [7, 11) is 1.92. The highest BCUT2D eigenvalue weighted by atomic mass is 79.9. The van der Waals surface area contributed by atoms with E-state index in [0.717, 1.165) is 27.1 Å². The van der Waals surface area contributed by atoms with Crippen LogP contribution in [-0.2, 0) is 0 Å². The van der Waals surface area contributed by atoms with Gasteiger partial charge in [-0.15, -0.1) is 0 Å². The predicted molar refractivity (Wildman–Crippen MR) is 79.7 cm³/mol. The molecule has 0 aliphatic rings. The van der Waals surface area contributed by atoms with Crippen molar-refractivity contribution in [2.24, 2.45) is 0 Å². The fourth-order valence-electron chi connectivity index (χ4n) is 2.14. The molecule has 1 unspecified atom stereocenters. The average molecular weight is 324 g/mol. The predicted octanol–water partition coefficient (Wildman–Crippen LogP) is 4.06. The molecule has 2 aromatic rings. The summed E-state index contributed by atoms with van der Waals surface area (Å²) in [5.41, 5.74) is 2.19. The van der Waals surface area contributed by atoms with Gasteiger partial charge in [-0.2, -0.15) is 0 Å². The zero-order chi connectivity index (χ0) is 13.8. The van der Waals surface area contributed by atoms with Crippen LogP contribution >= 0.6 is 15.9 Å². The molecule has 0 fully saturated rings. The first kappa shape index (κ1) is 14.2. The fraction of sp³-hybridized carbons (Fsp3) is 0.333. The number of furan rings is 1. The number of ether oxygens (including phenoxy) is 1. The number of aryl methyl sites for hydroxylation is 1. The van der Waals surface area contributed by atoms with Gasteiger partial charge in [-0.1, -0.05) is 15.9 Å². The zero-order valence-electron chi connectivity index (χ0n) is 11.4. The molecule has 1 heterocycles. The Hall–Kier alpha value is -1.26. The molecule has 19 heavy (non-hydrogen) atoms. The molecule has 0 spiro atoms. The van der Waals surface area contributed by atoms with Gasteiger partial charge in [0, 0.05) is 10.0 Å². The molecule has 2 rings (SSSR count). The van der Waals surface area contributed by atoms with Gasteiger partial charge in [0.05, 0.1) is 18.9 Å². The monoisotopic (exact) mass is 323 g/mol. The highest BCUT2D eigenvalue weighted by Gasteiger charge is 2.21. The molecule has 0 amide bonds. The van der Waals surface area contributed by atoms with Crippen LogP contribution in [0.25, 0.3) is 0 Å². The van der Waals surface area contributed by atoms with Gasteiger partial charge >= 0.3 is 0 Å². The van der Waals surface area contributed by atoms with Crippen LogP contribution in [0.1, 0.15) is 29.9 Å². The van der Waals surface area contributed by atoms with Gasteiger partial charge < -0.3 is 14.5 Å². The lowest BCUT2D eigenvalue weighted by Gasteiger charge is -2.19. The quantitative estimate of drug-likeness (QED) is 0.901. The summed E-state index contributed by atoms with van der Waals surface area (Å²) in [5.74, 6) is 1.79. The Bertz CT molecular complexity index is 551. The Kier molecular flexibility index (Phi) is 4.66. The van der Waals surface area contributed by atoms with Crippen molar-refractivity contribution in [1.29, 1.82) is 0 Å². The maximum Gasteiger partial charge on any atom is 0.128 e. The molecule has 3 nitrogen and oxygen atoms in total. The van der Waals surface area contributed by atoms with Gasteiger partial charge in [0.1, 0.15) is 11.5 Å². The normalized spacial score (nSPS) is 12.4. The number of nitrogens with one attached hydrogen (secondary N) is 1. The molecule has 0 radical (unpaired) electrons. The van der Waals surface area contributed by atoms with Crippen LogP contribution in [0.5, 0.6) is 5.75 Å². The molecule has 102 valence electrons. The number of hydrogen-bond acceptors (Lipinski definition) is 3. The first-order chi connectivity index (χ1) is 9.17. The van der Waals surface area contributed by atoms with E-state index in [9.17, 15) is 0 Å². The lowest BCUT2D eigenvalue weighted by atomic mass is 10.0. The van der Waals surface area contributed by atoms with Gasteiger partial charge in [0.2, 0.25) is 0 Å². The van der Waals surface area contributed by atoms with Crippen molar-refractivity contribution in [2.75, 3.05) is 13.7 Å². The van der Waals surface area contributed by atoms with Crippen molar-refractivity contribution in [2.45, 2.75) is 19.9 Å². The number of hydrogen-bond donors (Lipinski definition) is 1. The van der Waals surface area contributed by atoms with Crippen LogP contribution in [0.4, 0.5) is 0 Å². The van der Waals surface area contributed by atoms with E-state index in [1.807, 2.05) is 39.1 Å². The molecular formula is C15H18BrNO2. The molecular weight excluding hydrogens is 306 g/mol.